The molecule has 1 heterocycles. The number of carbonyl (C=O) groups is 2. The van der Waals surface area contributed by atoms with Gasteiger partial charge in [-0.05, 0) is 45.4 Å². The van der Waals surface area contributed by atoms with Gasteiger partial charge in [0, 0.05) is 31.6 Å². The maximum Gasteiger partial charge on any atom is 0.320 e. The van der Waals surface area contributed by atoms with Gasteiger partial charge in [0.05, 0.1) is 0 Å². The molecule has 5 nitrogen and oxygen atoms in total. The van der Waals surface area contributed by atoms with Crippen LogP contribution in [0.1, 0.15) is 53.9 Å². The van der Waals surface area contributed by atoms with Gasteiger partial charge in [0.1, 0.15) is 0 Å². The summed E-state index contributed by atoms with van der Waals surface area (Å²) < 4.78 is 0. The zero-order valence-corrected chi connectivity index (χ0v) is 14.0. The van der Waals surface area contributed by atoms with E-state index in [1.165, 1.54) is 0 Å². The van der Waals surface area contributed by atoms with Crippen LogP contribution in [-0.4, -0.2) is 52.1 Å². The van der Waals surface area contributed by atoms with Crippen molar-refractivity contribution < 1.29 is 14.7 Å². The lowest BCUT2D eigenvalue weighted by molar-refractivity contribution is -0.137. The Balaban J connectivity index is 2.72. The topological polar surface area (TPSA) is 60.9 Å². The summed E-state index contributed by atoms with van der Waals surface area (Å²) in [5.41, 5.74) is 0. The van der Waals surface area contributed by atoms with E-state index in [4.69, 9.17) is 5.11 Å². The lowest BCUT2D eigenvalue weighted by atomic mass is 9.86. The molecule has 5 heteroatoms. The molecule has 1 aliphatic rings. The molecule has 0 aliphatic carbocycles. The van der Waals surface area contributed by atoms with Gasteiger partial charge in [-0.15, -0.1) is 0 Å². The number of carboxylic acid groups (broad SMARTS) is 1. The molecular weight excluding hydrogens is 268 g/mol. The molecule has 0 bridgehead atoms. The fraction of sp³-hybridized carbons (Fsp3) is 0.875. The van der Waals surface area contributed by atoms with Crippen molar-refractivity contribution in [3.8, 4) is 0 Å². The van der Waals surface area contributed by atoms with Crippen LogP contribution >= 0.6 is 0 Å². The van der Waals surface area contributed by atoms with Gasteiger partial charge in [0.2, 0.25) is 0 Å². The molecule has 1 rings (SSSR count). The molecule has 1 saturated heterocycles. The summed E-state index contributed by atoms with van der Waals surface area (Å²) in [4.78, 5) is 27.2. The highest BCUT2D eigenvalue weighted by Crippen LogP contribution is 2.28. The van der Waals surface area contributed by atoms with Crippen molar-refractivity contribution in [1.82, 2.24) is 9.80 Å². The van der Waals surface area contributed by atoms with Gasteiger partial charge < -0.3 is 14.9 Å². The molecule has 21 heavy (non-hydrogen) atoms. The predicted octanol–water partition coefficient (Wildman–Crippen LogP) is 3.05. The number of aliphatic carboxylic acids is 1. The van der Waals surface area contributed by atoms with Gasteiger partial charge in [-0.3, -0.25) is 4.79 Å². The summed E-state index contributed by atoms with van der Waals surface area (Å²) in [7, 11) is 0. The van der Waals surface area contributed by atoms with Crippen molar-refractivity contribution in [1.29, 1.82) is 0 Å². The van der Waals surface area contributed by atoms with Gasteiger partial charge in [0.25, 0.3) is 0 Å². The summed E-state index contributed by atoms with van der Waals surface area (Å²) in [6.07, 6.45) is 1.77. The van der Waals surface area contributed by atoms with Crippen molar-refractivity contribution in [2.75, 3.05) is 13.1 Å². The molecule has 0 aromatic rings. The molecule has 1 N–H and O–H groups in total. The Morgan fingerprint density at radius 2 is 1.90 bits per heavy atom. The number of piperidine rings is 1. The van der Waals surface area contributed by atoms with Crippen molar-refractivity contribution in [3.63, 3.8) is 0 Å². The highest BCUT2D eigenvalue weighted by molar-refractivity contribution is 5.75. The Morgan fingerprint density at radius 3 is 2.43 bits per heavy atom. The SMILES string of the molecule is CC1CC(C)C(C)N(C(=O)N(CCCC(=O)O)C(C)C)C1. The van der Waals surface area contributed by atoms with Crippen LogP contribution in [0.3, 0.4) is 0 Å². The van der Waals surface area contributed by atoms with E-state index in [0.29, 0.717) is 24.8 Å². The minimum Gasteiger partial charge on any atom is -0.481 e. The van der Waals surface area contributed by atoms with Gasteiger partial charge in [-0.2, -0.15) is 0 Å². The number of hydrogen-bond acceptors (Lipinski definition) is 2. The lowest BCUT2D eigenvalue weighted by Gasteiger charge is -2.44. The van der Waals surface area contributed by atoms with Crippen LogP contribution in [0.5, 0.6) is 0 Å². The molecule has 0 spiro atoms. The number of carbonyl (C=O) groups excluding carboxylic acids is 1. The van der Waals surface area contributed by atoms with E-state index in [9.17, 15) is 9.59 Å². The third-order valence-electron chi connectivity index (χ3n) is 4.50. The second-order valence-corrected chi connectivity index (χ2v) is 6.78. The second kappa shape index (κ2) is 7.66. The Labute approximate surface area is 128 Å². The first-order chi connectivity index (χ1) is 9.73. The molecule has 1 aliphatic heterocycles. The Bertz CT molecular complexity index is 371. The number of rotatable bonds is 5. The van der Waals surface area contributed by atoms with Crippen LogP contribution in [0.25, 0.3) is 0 Å². The zero-order chi connectivity index (χ0) is 16.2. The van der Waals surface area contributed by atoms with Crippen molar-refractivity contribution >= 4 is 12.0 Å². The van der Waals surface area contributed by atoms with E-state index in [1.807, 2.05) is 23.6 Å². The summed E-state index contributed by atoms with van der Waals surface area (Å²) in [6.45, 7) is 11.8. The quantitative estimate of drug-likeness (QED) is 0.848. The van der Waals surface area contributed by atoms with E-state index >= 15 is 0 Å². The fourth-order valence-electron chi connectivity index (χ4n) is 3.11. The maximum absolute atomic E-state index is 12.8. The van der Waals surface area contributed by atoms with Crippen LogP contribution in [0.2, 0.25) is 0 Å². The molecule has 0 saturated carbocycles. The van der Waals surface area contributed by atoms with Gasteiger partial charge >= 0.3 is 12.0 Å². The number of amides is 2. The van der Waals surface area contributed by atoms with Crippen molar-refractivity contribution in [2.45, 2.75) is 66.0 Å². The van der Waals surface area contributed by atoms with E-state index < -0.39 is 5.97 Å². The van der Waals surface area contributed by atoms with Crippen LogP contribution in [-0.2, 0) is 4.79 Å². The number of hydrogen-bond donors (Lipinski definition) is 1. The van der Waals surface area contributed by atoms with Gasteiger partial charge in [-0.25, -0.2) is 4.79 Å². The molecule has 0 aromatic carbocycles. The lowest BCUT2D eigenvalue weighted by Crippen LogP contribution is -2.55. The first-order valence-corrected chi connectivity index (χ1v) is 8.03. The smallest absolute Gasteiger partial charge is 0.320 e. The van der Waals surface area contributed by atoms with Gasteiger partial charge in [0.15, 0.2) is 0 Å². The highest BCUT2D eigenvalue weighted by Gasteiger charge is 2.34. The van der Waals surface area contributed by atoms with E-state index in [1.54, 1.807) is 0 Å². The van der Waals surface area contributed by atoms with Crippen molar-refractivity contribution in [3.05, 3.63) is 0 Å². The number of likely N-dealkylation sites (tertiary alicyclic amines) is 1. The highest BCUT2D eigenvalue weighted by atomic mass is 16.4. The minimum absolute atomic E-state index is 0.0567. The summed E-state index contributed by atoms with van der Waals surface area (Å²) in [6, 6.07) is 0.391. The summed E-state index contributed by atoms with van der Waals surface area (Å²) in [5, 5.41) is 8.75. The van der Waals surface area contributed by atoms with Crippen LogP contribution < -0.4 is 0 Å². The first kappa shape index (κ1) is 17.8. The molecule has 3 atom stereocenters. The van der Waals surface area contributed by atoms with E-state index in [-0.39, 0.29) is 24.5 Å². The second-order valence-electron chi connectivity index (χ2n) is 6.78. The average Bonchev–Trinajstić information content (AvgIpc) is 2.37. The summed E-state index contributed by atoms with van der Waals surface area (Å²) in [5.74, 6) is 0.221. The molecule has 1 fully saturated rings. The molecule has 0 radical (unpaired) electrons. The zero-order valence-electron chi connectivity index (χ0n) is 14.0. The van der Waals surface area contributed by atoms with Crippen LogP contribution in [0.4, 0.5) is 4.79 Å². The number of urea groups is 1. The molecule has 122 valence electrons. The largest absolute Gasteiger partial charge is 0.481 e. The van der Waals surface area contributed by atoms with Gasteiger partial charge in [-0.1, -0.05) is 13.8 Å². The fourth-order valence-corrected chi connectivity index (χ4v) is 3.11. The van der Waals surface area contributed by atoms with Crippen molar-refractivity contribution in [2.24, 2.45) is 11.8 Å². The molecule has 3 unspecified atom stereocenters. The minimum atomic E-state index is -0.806. The average molecular weight is 298 g/mol. The molecular formula is C16H30N2O3. The molecule has 2 amide bonds. The van der Waals surface area contributed by atoms with E-state index in [0.717, 1.165) is 13.0 Å². The van der Waals surface area contributed by atoms with Crippen LogP contribution in [0.15, 0.2) is 0 Å². The maximum atomic E-state index is 12.8. The first-order valence-electron chi connectivity index (χ1n) is 8.03. The third-order valence-corrected chi connectivity index (χ3v) is 4.50. The normalized spacial score (nSPS) is 26.0. The Hall–Kier alpha value is -1.26. The number of nitrogens with zero attached hydrogens (tertiary/aromatic N) is 2. The Kier molecular flexibility index (Phi) is 6.49. The number of carboxylic acids is 1. The third kappa shape index (κ3) is 4.90. The Morgan fingerprint density at radius 1 is 1.29 bits per heavy atom. The van der Waals surface area contributed by atoms with E-state index in [2.05, 4.69) is 20.8 Å². The monoisotopic (exact) mass is 298 g/mol. The predicted molar refractivity (Wildman–Crippen MR) is 83.2 cm³/mol. The van der Waals surface area contributed by atoms with Crippen LogP contribution in [0, 0.1) is 11.8 Å². The summed E-state index contributed by atoms with van der Waals surface area (Å²) >= 11 is 0. The molecule has 0 aromatic heterocycles. The standard InChI is InChI=1S/C16H30N2O3/c1-11(2)17(8-6-7-15(19)20)16(21)18-10-12(3)9-13(4)14(18)5/h11-14H,6-10H2,1-5H3,(H,19,20).